The average Bonchev–Trinajstić information content (AvgIpc) is 3.29. The van der Waals surface area contributed by atoms with Gasteiger partial charge in [0.05, 0.1) is 17.4 Å². The maximum atomic E-state index is 14.6. The maximum absolute atomic E-state index is 14.6. The fourth-order valence-corrected chi connectivity index (χ4v) is 3.61. The number of ether oxygens (including phenoxy) is 1. The van der Waals surface area contributed by atoms with E-state index in [0.717, 1.165) is 5.39 Å². The molecule has 1 atom stereocenters. The third-order valence-electron chi connectivity index (χ3n) is 5.48. The number of carboxylic acid groups (broad SMARTS) is 1. The van der Waals surface area contributed by atoms with Crippen LogP contribution in [0.2, 0.25) is 0 Å². The smallest absolute Gasteiger partial charge is 0.475 e. The highest BCUT2D eigenvalue weighted by Gasteiger charge is 2.47. The molecule has 194 valence electrons. The molecule has 4 heterocycles. The highest BCUT2D eigenvalue weighted by molar-refractivity contribution is 6.03. The minimum Gasteiger partial charge on any atom is -0.475 e. The number of aromatic amines is 1. The van der Waals surface area contributed by atoms with Gasteiger partial charge >= 0.3 is 12.1 Å². The summed E-state index contributed by atoms with van der Waals surface area (Å²) in [7, 11) is 0. The second kappa shape index (κ2) is 9.95. The largest absolute Gasteiger partial charge is 0.490 e. The second-order valence-corrected chi connectivity index (χ2v) is 7.99. The number of pyridine rings is 2. The van der Waals surface area contributed by atoms with Gasteiger partial charge in [-0.15, -0.1) is 0 Å². The van der Waals surface area contributed by atoms with Crippen molar-refractivity contribution >= 4 is 33.8 Å². The Morgan fingerprint density at radius 2 is 1.84 bits per heavy atom. The van der Waals surface area contributed by atoms with E-state index in [1.807, 2.05) is 18.2 Å². The van der Waals surface area contributed by atoms with Gasteiger partial charge in [-0.3, -0.25) is 9.89 Å². The summed E-state index contributed by atoms with van der Waals surface area (Å²) in [5.41, 5.74) is 1.28. The van der Waals surface area contributed by atoms with Gasteiger partial charge in [0.2, 0.25) is 5.88 Å². The van der Waals surface area contributed by atoms with Crippen LogP contribution in [-0.4, -0.2) is 73.3 Å². The van der Waals surface area contributed by atoms with Crippen molar-refractivity contribution in [3.63, 3.8) is 0 Å². The zero-order valence-electron chi connectivity index (χ0n) is 18.7. The van der Waals surface area contributed by atoms with Crippen molar-refractivity contribution in [1.29, 1.82) is 0 Å². The topological polar surface area (TPSA) is 121 Å². The van der Waals surface area contributed by atoms with Crippen molar-refractivity contribution in [2.24, 2.45) is 0 Å². The first-order chi connectivity index (χ1) is 17.5. The van der Waals surface area contributed by atoms with E-state index in [9.17, 15) is 26.7 Å². The molecule has 1 aliphatic heterocycles. The highest BCUT2D eigenvalue weighted by atomic mass is 19.4. The van der Waals surface area contributed by atoms with E-state index in [4.69, 9.17) is 14.6 Å². The Kier molecular flexibility index (Phi) is 6.92. The van der Waals surface area contributed by atoms with Crippen LogP contribution in [0.15, 0.2) is 54.7 Å². The van der Waals surface area contributed by atoms with Gasteiger partial charge < -0.3 is 14.7 Å². The molecule has 4 aromatic rings. The normalized spacial score (nSPS) is 17.2. The molecule has 37 heavy (non-hydrogen) atoms. The molecule has 2 N–H and O–H groups in total. The summed E-state index contributed by atoms with van der Waals surface area (Å²) in [6.45, 7) is -0.348. The predicted molar refractivity (Wildman–Crippen MR) is 119 cm³/mol. The number of alkyl halides is 5. The Morgan fingerprint density at radius 1 is 1.11 bits per heavy atom. The number of para-hydroxylation sites is 1. The predicted octanol–water partition coefficient (Wildman–Crippen LogP) is 4.07. The number of hydrogen-bond acceptors (Lipinski definition) is 6. The van der Waals surface area contributed by atoms with Crippen molar-refractivity contribution in [2.75, 3.05) is 13.1 Å². The summed E-state index contributed by atoms with van der Waals surface area (Å²) in [4.78, 5) is 31.6. The number of carbonyl (C=O) groups is 2. The molecule has 0 radical (unpaired) electrons. The summed E-state index contributed by atoms with van der Waals surface area (Å²) in [5.74, 6) is -6.15. The number of aliphatic carboxylic acids is 1. The number of fused-ring (bicyclic) bond motifs is 2. The van der Waals surface area contributed by atoms with Crippen molar-refractivity contribution in [3.05, 3.63) is 60.4 Å². The Balaban J connectivity index is 0.000000405. The molecule has 5 rings (SSSR count). The van der Waals surface area contributed by atoms with E-state index in [2.05, 4.69) is 20.2 Å². The Bertz CT molecular complexity index is 1440. The van der Waals surface area contributed by atoms with Crippen LogP contribution in [0.1, 0.15) is 16.9 Å². The molecule has 1 saturated heterocycles. The number of likely N-dealkylation sites (tertiary alicyclic amines) is 1. The van der Waals surface area contributed by atoms with E-state index >= 15 is 0 Å². The maximum Gasteiger partial charge on any atom is 0.490 e. The molecule has 1 fully saturated rings. The SMILES string of the molecule is O=C(O)C(F)(F)F.O=C(c1[nH]nc2ncccc12)N1CCC(F)(F)[C@@H](Oc2ccc3ccccc3n2)C1. The number of benzene rings is 1. The lowest BCUT2D eigenvalue weighted by Gasteiger charge is -2.37. The fourth-order valence-electron chi connectivity index (χ4n) is 3.61. The second-order valence-electron chi connectivity index (χ2n) is 7.99. The molecule has 0 aliphatic carbocycles. The molecule has 14 heteroatoms. The van der Waals surface area contributed by atoms with E-state index in [1.54, 1.807) is 36.5 Å². The molecule has 1 aliphatic rings. The third kappa shape index (κ3) is 5.73. The lowest BCUT2D eigenvalue weighted by Crippen LogP contribution is -2.55. The Morgan fingerprint density at radius 3 is 2.57 bits per heavy atom. The lowest BCUT2D eigenvalue weighted by molar-refractivity contribution is -0.192. The summed E-state index contributed by atoms with van der Waals surface area (Å²) >= 11 is 0. The van der Waals surface area contributed by atoms with Gasteiger partial charge in [-0.1, -0.05) is 18.2 Å². The zero-order valence-corrected chi connectivity index (χ0v) is 18.7. The third-order valence-corrected chi connectivity index (χ3v) is 5.48. The van der Waals surface area contributed by atoms with Crippen LogP contribution >= 0.6 is 0 Å². The van der Waals surface area contributed by atoms with Gasteiger partial charge in [0.15, 0.2) is 11.8 Å². The van der Waals surface area contributed by atoms with Crippen LogP contribution in [0, 0.1) is 0 Å². The van der Waals surface area contributed by atoms with Crippen LogP contribution in [0.4, 0.5) is 22.0 Å². The zero-order chi connectivity index (χ0) is 26.8. The van der Waals surface area contributed by atoms with Crippen LogP contribution in [0.5, 0.6) is 5.88 Å². The van der Waals surface area contributed by atoms with Gasteiger partial charge in [0, 0.05) is 30.6 Å². The van der Waals surface area contributed by atoms with Crippen molar-refractivity contribution in [2.45, 2.75) is 24.6 Å². The van der Waals surface area contributed by atoms with Gasteiger partial charge in [-0.25, -0.2) is 23.5 Å². The summed E-state index contributed by atoms with van der Waals surface area (Å²) in [6, 6.07) is 14.1. The molecular formula is C23H18F5N5O4. The van der Waals surface area contributed by atoms with Crippen LogP contribution < -0.4 is 4.74 Å². The van der Waals surface area contributed by atoms with Crippen molar-refractivity contribution in [3.8, 4) is 5.88 Å². The number of nitrogens with one attached hydrogen (secondary N) is 1. The molecule has 0 saturated carbocycles. The molecule has 3 aromatic heterocycles. The van der Waals surface area contributed by atoms with Crippen LogP contribution in [-0.2, 0) is 4.79 Å². The highest BCUT2D eigenvalue weighted by Crippen LogP contribution is 2.32. The van der Waals surface area contributed by atoms with E-state index in [0.29, 0.717) is 16.6 Å². The standard InChI is InChI=1S/C21H17F2N5O2.C2HF3O2/c22-21(23)9-11-28(20(29)18-14-5-3-10-24-19(14)27-26-18)12-16(21)30-17-8-7-13-4-1-2-6-15(13)25-17;3-2(4,5)1(6)7/h1-8,10,16H,9,11-12H2,(H,24,26,27);(H,6,7)/t16-;/m0./s1. The number of aromatic nitrogens is 4. The van der Waals surface area contributed by atoms with Gasteiger partial charge in [-0.2, -0.15) is 18.3 Å². The average molecular weight is 523 g/mol. The number of H-pyrrole nitrogens is 1. The van der Waals surface area contributed by atoms with E-state index in [-0.39, 0.29) is 24.7 Å². The van der Waals surface area contributed by atoms with Gasteiger partial charge in [0.25, 0.3) is 11.8 Å². The number of carbonyl (C=O) groups excluding carboxylic acids is 1. The molecule has 0 unspecified atom stereocenters. The van der Waals surface area contributed by atoms with E-state index < -0.39 is 36.5 Å². The molecule has 1 aromatic carbocycles. The molecule has 9 nitrogen and oxygen atoms in total. The Labute approximate surface area is 204 Å². The van der Waals surface area contributed by atoms with Gasteiger partial charge in [-0.05, 0) is 24.3 Å². The monoisotopic (exact) mass is 523 g/mol. The number of halogens is 5. The minimum atomic E-state index is -5.08. The number of piperidine rings is 1. The van der Waals surface area contributed by atoms with Crippen molar-refractivity contribution < 1.29 is 41.4 Å². The van der Waals surface area contributed by atoms with Crippen LogP contribution in [0.25, 0.3) is 21.9 Å². The quantitative estimate of drug-likeness (QED) is 0.389. The number of hydrogen-bond donors (Lipinski definition) is 2. The first-order valence-electron chi connectivity index (χ1n) is 10.7. The fraction of sp³-hybridized carbons (Fsp3) is 0.261. The molecule has 0 bridgehead atoms. The number of nitrogens with zero attached hydrogens (tertiary/aromatic N) is 4. The number of carboxylic acids is 1. The summed E-state index contributed by atoms with van der Waals surface area (Å²) < 4.78 is 66.5. The first kappa shape index (κ1) is 25.7. The number of amides is 1. The van der Waals surface area contributed by atoms with Crippen molar-refractivity contribution in [1.82, 2.24) is 25.1 Å². The van der Waals surface area contributed by atoms with Gasteiger partial charge in [0.1, 0.15) is 5.69 Å². The molecule has 1 amide bonds. The molecular weight excluding hydrogens is 505 g/mol. The van der Waals surface area contributed by atoms with Crippen LogP contribution in [0.3, 0.4) is 0 Å². The minimum absolute atomic E-state index is 0.0857. The lowest BCUT2D eigenvalue weighted by atomic mass is 10.0. The summed E-state index contributed by atoms with van der Waals surface area (Å²) in [5, 5.41) is 15.2. The van der Waals surface area contributed by atoms with E-state index in [1.165, 1.54) is 4.90 Å². The first-order valence-corrected chi connectivity index (χ1v) is 10.7. The Hall–Kier alpha value is -4.36. The molecule has 0 spiro atoms. The number of rotatable bonds is 3. The summed E-state index contributed by atoms with van der Waals surface area (Å²) in [6.07, 6.45) is -5.52.